The van der Waals surface area contributed by atoms with Gasteiger partial charge in [0.1, 0.15) is 17.4 Å². The molecule has 0 unspecified atom stereocenters. The van der Waals surface area contributed by atoms with E-state index in [2.05, 4.69) is 20.2 Å². The largest absolute Gasteiger partial charge is 0.508 e. The van der Waals surface area contributed by atoms with Gasteiger partial charge in [-0.25, -0.2) is 4.98 Å². The van der Waals surface area contributed by atoms with Gasteiger partial charge in [-0.15, -0.1) is 0 Å². The number of nitrogens with one attached hydrogen (secondary N) is 2. The number of H-pyrrole nitrogens is 2. The third kappa shape index (κ3) is 1.20. The zero-order valence-electron chi connectivity index (χ0n) is 8.23. The number of aromatic amines is 2. The number of nitrogens with zero attached hydrogens (tertiary/aromatic N) is 2. The second-order valence-corrected chi connectivity index (χ2v) is 3.48. The van der Waals surface area contributed by atoms with E-state index in [-0.39, 0.29) is 5.75 Å². The molecule has 2 heterocycles. The average molecular weight is 215 g/mol. The van der Waals surface area contributed by atoms with Gasteiger partial charge in [0.05, 0.1) is 22.8 Å². The van der Waals surface area contributed by atoms with Crippen molar-refractivity contribution >= 4 is 16.9 Å². The van der Waals surface area contributed by atoms with E-state index < -0.39 is 0 Å². The van der Waals surface area contributed by atoms with Crippen molar-refractivity contribution in [3.63, 3.8) is 0 Å². The fraction of sp³-hybridized carbons (Fsp3) is 0. The highest BCUT2D eigenvalue weighted by molar-refractivity contribution is 5.82. The second-order valence-electron chi connectivity index (χ2n) is 3.48. The summed E-state index contributed by atoms with van der Waals surface area (Å²) in [5.74, 6) is 1.29. The van der Waals surface area contributed by atoms with Crippen molar-refractivity contribution in [2.24, 2.45) is 0 Å². The topological polar surface area (TPSA) is 104 Å². The van der Waals surface area contributed by atoms with Gasteiger partial charge in [-0.05, 0) is 12.1 Å². The number of phenols is 1. The number of hydrogen-bond donors (Lipinski definition) is 4. The second kappa shape index (κ2) is 2.99. The van der Waals surface area contributed by atoms with E-state index in [4.69, 9.17) is 5.73 Å². The highest BCUT2D eigenvalue weighted by Crippen LogP contribution is 2.25. The lowest BCUT2D eigenvalue weighted by Crippen LogP contribution is -1.88. The Morgan fingerprint density at radius 3 is 2.94 bits per heavy atom. The van der Waals surface area contributed by atoms with Gasteiger partial charge in [0, 0.05) is 6.07 Å². The maximum atomic E-state index is 9.33. The summed E-state index contributed by atoms with van der Waals surface area (Å²) in [7, 11) is 0. The zero-order chi connectivity index (χ0) is 11.1. The first-order chi connectivity index (χ1) is 7.74. The van der Waals surface area contributed by atoms with Gasteiger partial charge in [-0.1, -0.05) is 0 Å². The Morgan fingerprint density at radius 1 is 1.31 bits per heavy atom. The standard InChI is InChI=1S/C10H9N5O/c11-9-6(4-12-15-9)10-13-7-2-1-5(16)3-8(7)14-10/h1-4,16H,(H,13,14)(H3,11,12,15). The predicted octanol–water partition coefficient (Wildman–Crippen LogP) is 1.24. The van der Waals surface area contributed by atoms with Crippen molar-refractivity contribution in [1.82, 2.24) is 20.2 Å². The molecule has 80 valence electrons. The Hall–Kier alpha value is -2.50. The quantitative estimate of drug-likeness (QED) is 0.490. The maximum absolute atomic E-state index is 9.33. The number of rotatable bonds is 1. The van der Waals surface area contributed by atoms with Crippen LogP contribution in [-0.4, -0.2) is 25.3 Å². The summed E-state index contributed by atoms with van der Waals surface area (Å²) in [6.07, 6.45) is 1.60. The van der Waals surface area contributed by atoms with E-state index in [1.165, 1.54) is 0 Å². The molecule has 0 spiro atoms. The number of fused-ring (bicyclic) bond motifs is 1. The molecule has 0 aliphatic rings. The molecule has 0 radical (unpaired) electrons. The Balaban J connectivity index is 2.23. The monoisotopic (exact) mass is 215 g/mol. The molecule has 5 N–H and O–H groups in total. The molecule has 3 aromatic rings. The number of anilines is 1. The van der Waals surface area contributed by atoms with Crippen molar-refractivity contribution < 1.29 is 5.11 Å². The van der Waals surface area contributed by atoms with E-state index in [1.807, 2.05) is 0 Å². The SMILES string of the molecule is Nc1[nH]ncc1-c1nc2ccc(O)cc2[nH]1. The molecule has 6 nitrogen and oxygen atoms in total. The minimum atomic E-state index is 0.197. The highest BCUT2D eigenvalue weighted by atomic mass is 16.3. The summed E-state index contributed by atoms with van der Waals surface area (Å²) in [5, 5.41) is 15.8. The van der Waals surface area contributed by atoms with Crippen LogP contribution in [0.3, 0.4) is 0 Å². The number of aromatic hydroxyl groups is 1. The zero-order valence-corrected chi connectivity index (χ0v) is 8.23. The Bertz CT molecular complexity index is 654. The van der Waals surface area contributed by atoms with Gasteiger partial charge in [0.2, 0.25) is 0 Å². The molecule has 1 aromatic carbocycles. The van der Waals surface area contributed by atoms with Gasteiger partial charge in [-0.2, -0.15) is 5.10 Å². The first-order valence-electron chi connectivity index (χ1n) is 4.72. The first kappa shape index (κ1) is 8.78. The van der Waals surface area contributed by atoms with Crippen LogP contribution in [0, 0.1) is 0 Å². The molecular formula is C10H9N5O. The summed E-state index contributed by atoms with van der Waals surface area (Å²) in [4.78, 5) is 7.42. The number of nitrogens with two attached hydrogens (primary N) is 1. The lowest BCUT2D eigenvalue weighted by Gasteiger charge is -1.90. The molecule has 2 aromatic heterocycles. The molecule has 0 saturated heterocycles. The van der Waals surface area contributed by atoms with Crippen LogP contribution in [-0.2, 0) is 0 Å². The van der Waals surface area contributed by atoms with Crippen molar-refractivity contribution in [2.45, 2.75) is 0 Å². The normalized spacial score (nSPS) is 11.0. The molecule has 3 rings (SSSR count). The van der Waals surface area contributed by atoms with E-state index in [0.717, 1.165) is 16.6 Å². The lowest BCUT2D eigenvalue weighted by molar-refractivity contribution is 0.476. The minimum Gasteiger partial charge on any atom is -0.508 e. The van der Waals surface area contributed by atoms with Crippen LogP contribution in [0.15, 0.2) is 24.4 Å². The molecule has 0 aliphatic heterocycles. The lowest BCUT2D eigenvalue weighted by atomic mass is 10.3. The number of hydrogen-bond acceptors (Lipinski definition) is 4. The number of benzene rings is 1. The number of imidazole rings is 1. The first-order valence-corrected chi connectivity index (χ1v) is 4.72. The Labute approximate surface area is 90.1 Å². The molecule has 0 atom stereocenters. The molecule has 0 fully saturated rings. The summed E-state index contributed by atoms with van der Waals surface area (Å²) < 4.78 is 0. The molecule has 16 heavy (non-hydrogen) atoms. The van der Waals surface area contributed by atoms with Crippen LogP contribution in [0.1, 0.15) is 0 Å². The maximum Gasteiger partial charge on any atom is 0.143 e. The molecule has 0 bridgehead atoms. The van der Waals surface area contributed by atoms with Crippen LogP contribution in [0.4, 0.5) is 5.82 Å². The smallest absolute Gasteiger partial charge is 0.143 e. The van der Waals surface area contributed by atoms with Gasteiger partial charge < -0.3 is 15.8 Å². The molecule has 6 heteroatoms. The van der Waals surface area contributed by atoms with Crippen LogP contribution >= 0.6 is 0 Å². The van der Waals surface area contributed by atoms with Gasteiger partial charge >= 0.3 is 0 Å². The summed E-state index contributed by atoms with van der Waals surface area (Å²) in [6.45, 7) is 0. The van der Waals surface area contributed by atoms with Crippen LogP contribution in [0.2, 0.25) is 0 Å². The molecule has 0 aliphatic carbocycles. The fourth-order valence-corrected chi connectivity index (χ4v) is 1.61. The van der Waals surface area contributed by atoms with E-state index in [0.29, 0.717) is 11.6 Å². The Kier molecular flexibility index (Phi) is 1.64. The van der Waals surface area contributed by atoms with E-state index in [9.17, 15) is 5.11 Å². The van der Waals surface area contributed by atoms with Gasteiger partial charge in [-0.3, -0.25) is 5.10 Å². The summed E-state index contributed by atoms with van der Waals surface area (Å²) >= 11 is 0. The summed E-state index contributed by atoms with van der Waals surface area (Å²) in [5.41, 5.74) is 7.95. The van der Waals surface area contributed by atoms with E-state index >= 15 is 0 Å². The third-order valence-corrected chi connectivity index (χ3v) is 2.39. The van der Waals surface area contributed by atoms with Crippen molar-refractivity contribution in [2.75, 3.05) is 5.73 Å². The molecule has 0 saturated carbocycles. The van der Waals surface area contributed by atoms with Gasteiger partial charge in [0.25, 0.3) is 0 Å². The summed E-state index contributed by atoms with van der Waals surface area (Å²) in [6, 6.07) is 4.94. The third-order valence-electron chi connectivity index (χ3n) is 2.39. The van der Waals surface area contributed by atoms with Crippen molar-refractivity contribution in [3.8, 4) is 17.1 Å². The van der Waals surface area contributed by atoms with E-state index in [1.54, 1.807) is 24.4 Å². The van der Waals surface area contributed by atoms with Crippen molar-refractivity contribution in [1.29, 1.82) is 0 Å². The average Bonchev–Trinajstić information content (AvgIpc) is 2.82. The van der Waals surface area contributed by atoms with Gasteiger partial charge in [0.15, 0.2) is 0 Å². The van der Waals surface area contributed by atoms with Crippen LogP contribution < -0.4 is 5.73 Å². The van der Waals surface area contributed by atoms with Crippen molar-refractivity contribution in [3.05, 3.63) is 24.4 Å². The van der Waals surface area contributed by atoms with Crippen LogP contribution in [0.25, 0.3) is 22.4 Å². The Morgan fingerprint density at radius 2 is 2.19 bits per heavy atom. The fourth-order valence-electron chi connectivity index (χ4n) is 1.61. The molecule has 0 amide bonds. The minimum absolute atomic E-state index is 0.197. The number of nitrogen functional groups attached to an aromatic ring is 1. The number of aromatic nitrogens is 4. The van der Waals surface area contributed by atoms with Crippen LogP contribution in [0.5, 0.6) is 5.75 Å². The number of phenolic OH excluding ortho intramolecular Hbond substituents is 1. The molecular weight excluding hydrogens is 206 g/mol. The highest BCUT2D eigenvalue weighted by Gasteiger charge is 2.09. The predicted molar refractivity (Wildman–Crippen MR) is 59.8 cm³/mol.